The van der Waals surface area contributed by atoms with Crippen LogP contribution in [0.5, 0.6) is 0 Å². The number of hydrogen-bond donors (Lipinski definition) is 1. The van der Waals surface area contributed by atoms with Gasteiger partial charge in [0.05, 0.1) is 34.0 Å². The van der Waals surface area contributed by atoms with E-state index in [-0.39, 0.29) is 28.6 Å². The van der Waals surface area contributed by atoms with Gasteiger partial charge in [-0.1, -0.05) is 23.5 Å². The van der Waals surface area contributed by atoms with E-state index in [0.717, 1.165) is 42.6 Å². The van der Waals surface area contributed by atoms with Crippen LogP contribution in [0.15, 0.2) is 46.1 Å². The lowest BCUT2D eigenvalue weighted by Crippen LogP contribution is -2.41. The van der Waals surface area contributed by atoms with Crippen molar-refractivity contribution in [3.05, 3.63) is 57.2 Å². The Morgan fingerprint density at radius 3 is 2.71 bits per heavy atom. The van der Waals surface area contributed by atoms with Gasteiger partial charge in [-0.05, 0) is 61.1 Å². The molecule has 10 heteroatoms. The van der Waals surface area contributed by atoms with Crippen LogP contribution in [0, 0.1) is 0 Å². The molecule has 5 rings (SSSR count). The molecule has 1 fully saturated rings. The second kappa shape index (κ2) is 9.52. The third-order valence-corrected chi connectivity index (χ3v) is 8.81. The lowest BCUT2D eigenvalue weighted by Gasteiger charge is -2.26. The number of aryl methyl sites for hydroxylation is 2. The maximum Gasteiger partial charge on any atom is 0.308 e. The molecular weight excluding hydrogens is 474 g/mol. The summed E-state index contributed by atoms with van der Waals surface area (Å²) in [7, 11) is -3.81. The van der Waals surface area contributed by atoms with E-state index >= 15 is 0 Å². The molecule has 8 nitrogen and oxygen atoms in total. The van der Waals surface area contributed by atoms with Gasteiger partial charge < -0.3 is 9.64 Å². The number of ether oxygens (including phenoxy) is 1. The summed E-state index contributed by atoms with van der Waals surface area (Å²) < 4.78 is 36.5. The monoisotopic (exact) mass is 501 g/mol. The number of rotatable bonds is 6. The van der Waals surface area contributed by atoms with Crippen molar-refractivity contribution in [2.45, 2.75) is 43.5 Å². The average molecular weight is 502 g/mol. The summed E-state index contributed by atoms with van der Waals surface area (Å²) in [5.74, 6) is -0.0101. The van der Waals surface area contributed by atoms with Gasteiger partial charge in [0.15, 0.2) is 0 Å². The van der Waals surface area contributed by atoms with Crippen molar-refractivity contribution in [1.29, 1.82) is 0 Å². The predicted molar refractivity (Wildman–Crippen MR) is 132 cm³/mol. The number of amides is 1. The molecule has 1 amide bonds. The molecule has 1 aliphatic heterocycles. The number of fused-ring (bicyclic) bond motifs is 2. The average Bonchev–Trinajstić information content (AvgIpc) is 3.17. The maximum atomic E-state index is 13.2. The molecule has 0 bridgehead atoms. The van der Waals surface area contributed by atoms with E-state index in [2.05, 4.69) is 10.8 Å². The van der Waals surface area contributed by atoms with Gasteiger partial charge in [0.1, 0.15) is 0 Å². The number of aromatic nitrogens is 1. The Bertz CT molecular complexity index is 1390. The summed E-state index contributed by atoms with van der Waals surface area (Å²) in [5, 5.41) is 0. The smallest absolute Gasteiger partial charge is 0.308 e. The number of carbonyl (C=O) groups excluding carboxylic acids is 1. The minimum atomic E-state index is -3.81. The minimum Gasteiger partial charge on any atom is -0.378 e. The highest BCUT2D eigenvalue weighted by atomic mass is 32.2. The molecule has 1 aromatic heterocycles. The quantitative estimate of drug-likeness (QED) is 0.560. The number of nitrogens with zero attached hydrogens (tertiary/aromatic N) is 2. The van der Waals surface area contributed by atoms with Gasteiger partial charge in [-0.3, -0.25) is 18.9 Å². The van der Waals surface area contributed by atoms with Gasteiger partial charge in [0, 0.05) is 26.1 Å². The van der Waals surface area contributed by atoms with E-state index in [1.54, 1.807) is 27.7 Å². The van der Waals surface area contributed by atoms with E-state index in [1.165, 1.54) is 11.6 Å². The van der Waals surface area contributed by atoms with Crippen LogP contribution in [0.4, 0.5) is 5.69 Å². The Labute approximate surface area is 202 Å². The number of sulfonamides is 1. The number of thiazole rings is 1. The molecule has 1 saturated heterocycles. The van der Waals surface area contributed by atoms with E-state index in [9.17, 15) is 18.0 Å². The van der Waals surface area contributed by atoms with Gasteiger partial charge in [0.25, 0.3) is 10.0 Å². The molecule has 2 heterocycles. The molecule has 1 N–H and O–H groups in total. The van der Waals surface area contributed by atoms with E-state index in [1.807, 2.05) is 6.07 Å². The van der Waals surface area contributed by atoms with E-state index < -0.39 is 10.0 Å². The topological polar surface area (TPSA) is 97.7 Å². The highest BCUT2D eigenvalue weighted by Gasteiger charge is 2.21. The van der Waals surface area contributed by atoms with Crippen molar-refractivity contribution in [3.63, 3.8) is 0 Å². The normalized spacial score (nSPS) is 16.4. The van der Waals surface area contributed by atoms with E-state index in [4.69, 9.17) is 4.74 Å². The van der Waals surface area contributed by atoms with Crippen molar-refractivity contribution in [2.75, 3.05) is 31.0 Å². The third kappa shape index (κ3) is 4.62. The largest absolute Gasteiger partial charge is 0.378 e. The number of carbonyl (C=O) groups is 1. The number of benzene rings is 2. The van der Waals surface area contributed by atoms with Crippen LogP contribution in [-0.4, -0.2) is 50.1 Å². The highest BCUT2D eigenvalue weighted by Crippen LogP contribution is 2.30. The van der Waals surface area contributed by atoms with Crippen molar-refractivity contribution in [3.8, 4) is 0 Å². The van der Waals surface area contributed by atoms with Crippen LogP contribution in [0.1, 0.15) is 30.4 Å². The lowest BCUT2D eigenvalue weighted by molar-refractivity contribution is -0.135. The van der Waals surface area contributed by atoms with Crippen molar-refractivity contribution in [1.82, 2.24) is 9.47 Å². The van der Waals surface area contributed by atoms with E-state index in [0.29, 0.717) is 42.2 Å². The van der Waals surface area contributed by atoms with Crippen LogP contribution in [0.25, 0.3) is 10.2 Å². The van der Waals surface area contributed by atoms with Crippen LogP contribution in [-0.2, 0) is 38.9 Å². The first kappa shape index (κ1) is 23.1. The first-order chi connectivity index (χ1) is 16.4. The van der Waals surface area contributed by atoms with Crippen LogP contribution in [0.3, 0.4) is 0 Å². The predicted octanol–water partition coefficient (Wildman–Crippen LogP) is 2.99. The molecule has 0 radical (unpaired) electrons. The number of morpholine rings is 1. The van der Waals surface area contributed by atoms with Gasteiger partial charge in [-0.2, -0.15) is 0 Å². The van der Waals surface area contributed by atoms with Gasteiger partial charge in [-0.15, -0.1) is 0 Å². The first-order valence-electron chi connectivity index (χ1n) is 11.5. The van der Waals surface area contributed by atoms with Crippen molar-refractivity contribution >= 4 is 43.2 Å². The Hall–Kier alpha value is -2.69. The zero-order valence-electron chi connectivity index (χ0n) is 18.8. The number of nitrogens with one attached hydrogen (secondary N) is 1. The second-order valence-corrected chi connectivity index (χ2v) is 11.3. The SMILES string of the molecule is O=C(CCn1c(=O)sc2cc(S(=O)(=O)Nc3cccc4c3CCCC4)ccc21)N1CCOCC1. The summed E-state index contributed by atoms with van der Waals surface area (Å²) in [6.07, 6.45) is 4.21. The molecular formula is C24H27N3O5S2. The summed E-state index contributed by atoms with van der Waals surface area (Å²) in [6, 6.07) is 10.5. The zero-order chi connectivity index (χ0) is 23.7. The van der Waals surface area contributed by atoms with Crippen LogP contribution >= 0.6 is 11.3 Å². The Morgan fingerprint density at radius 2 is 1.88 bits per heavy atom. The summed E-state index contributed by atoms with van der Waals surface area (Å²) in [6.45, 7) is 2.46. The van der Waals surface area contributed by atoms with Gasteiger partial charge >= 0.3 is 4.87 Å². The maximum absolute atomic E-state index is 13.2. The summed E-state index contributed by atoms with van der Waals surface area (Å²) in [5.41, 5.74) is 3.54. The summed E-state index contributed by atoms with van der Waals surface area (Å²) in [4.78, 5) is 26.7. The zero-order valence-corrected chi connectivity index (χ0v) is 20.4. The van der Waals surface area contributed by atoms with Gasteiger partial charge in [-0.25, -0.2) is 8.42 Å². The fourth-order valence-corrected chi connectivity index (χ4v) is 6.83. The molecule has 0 atom stereocenters. The van der Waals surface area contributed by atoms with Crippen molar-refractivity contribution in [2.24, 2.45) is 0 Å². The Balaban J connectivity index is 1.36. The van der Waals surface area contributed by atoms with Crippen molar-refractivity contribution < 1.29 is 17.9 Å². The molecule has 3 aromatic rings. The molecule has 1 aliphatic carbocycles. The highest BCUT2D eigenvalue weighted by molar-refractivity contribution is 7.92. The minimum absolute atomic E-state index is 0.0101. The molecule has 0 saturated carbocycles. The Kier molecular flexibility index (Phi) is 6.46. The standard InChI is InChI=1S/C24H27N3O5S2/c28-23(26-12-14-32-15-13-26)10-11-27-21-9-8-18(16-22(21)33-24(27)29)34(30,31)25-20-7-3-5-17-4-1-2-6-19(17)20/h3,5,7-9,16,25H,1-2,4,6,10-15H2. The van der Waals surface area contributed by atoms with Crippen LogP contribution in [0.2, 0.25) is 0 Å². The molecule has 2 aromatic carbocycles. The molecule has 2 aliphatic rings. The van der Waals surface area contributed by atoms with Gasteiger partial charge in [0.2, 0.25) is 5.91 Å². The summed E-state index contributed by atoms with van der Waals surface area (Å²) >= 11 is 0.996. The molecule has 0 unspecified atom stereocenters. The lowest BCUT2D eigenvalue weighted by atomic mass is 9.91. The Morgan fingerprint density at radius 1 is 1.09 bits per heavy atom. The molecule has 34 heavy (non-hydrogen) atoms. The second-order valence-electron chi connectivity index (χ2n) is 8.65. The fourth-order valence-electron chi connectivity index (χ4n) is 4.68. The number of hydrogen-bond acceptors (Lipinski definition) is 6. The fraction of sp³-hybridized carbons (Fsp3) is 0.417. The molecule has 0 spiro atoms. The number of anilines is 1. The first-order valence-corrected chi connectivity index (χ1v) is 13.8. The third-order valence-electron chi connectivity index (χ3n) is 6.50. The van der Waals surface area contributed by atoms with Crippen LogP contribution < -0.4 is 9.60 Å². The molecule has 180 valence electrons.